The number of ketones is 1. The Labute approximate surface area is 202 Å². The van der Waals surface area contributed by atoms with Crippen molar-refractivity contribution in [3.63, 3.8) is 0 Å². The second kappa shape index (κ2) is 8.78. The summed E-state index contributed by atoms with van der Waals surface area (Å²) in [5, 5.41) is 33.6. The zero-order valence-electron chi connectivity index (χ0n) is 19.1. The Bertz CT molecular complexity index is 683. The number of Topliss-reactive ketones (excluding diaryl/α,β-unsaturated/α-hetero) is 1. The summed E-state index contributed by atoms with van der Waals surface area (Å²) in [6, 6.07) is 0. The maximum atomic E-state index is 12.1. The van der Waals surface area contributed by atoms with Crippen LogP contribution in [0.5, 0.6) is 0 Å². The van der Waals surface area contributed by atoms with E-state index in [1.807, 2.05) is 0 Å². The summed E-state index contributed by atoms with van der Waals surface area (Å²) >= 11 is 0. The molecule has 0 heterocycles. The molecule has 2 N–H and O–H groups in total. The van der Waals surface area contributed by atoms with Gasteiger partial charge in [0.15, 0.2) is 0 Å². The van der Waals surface area contributed by atoms with E-state index in [9.17, 15) is 24.9 Å². The first kappa shape index (κ1) is 24.7. The van der Waals surface area contributed by atoms with Crippen molar-refractivity contribution in [2.45, 2.75) is 90.8 Å². The molecule has 30 heavy (non-hydrogen) atoms. The molecule has 0 aromatic carbocycles. The molecule has 3 unspecified atom stereocenters. The van der Waals surface area contributed by atoms with Gasteiger partial charge < -0.3 is 20.1 Å². The van der Waals surface area contributed by atoms with Crippen LogP contribution < -0.4 is 34.7 Å². The van der Waals surface area contributed by atoms with Crippen molar-refractivity contribution < 1.29 is 54.5 Å². The fourth-order valence-electron chi connectivity index (χ4n) is 8.49. The first-order chi connectivity index (χ1) is 13.6. The van der Waals surface area contributed by atoms with E-state index < -0.39 is 18.2 Å². The van der Waals surface area contributed by atoms with Crippen LogP contribution in [0.1, 0.15) is 78.6 Å². The quantitative estimate of drug-likeness (QED) is 0.579. The molecule has 0 aromatic heterocycles. The molecule has 4 aliphatic rings. The van der Waals surface area contributed by atoms with Crippen LogP contribution in [0.2, 0.25) is 0 Å². The third kappa shape index (κ3) is 3.75. The molecule has 10 atom stereocenters. The van der Waals surface area contributed by atoms with Crippen molar-refractivity contribution in [3.05, 3.63) is 0 Å². The fourth-order valence-corrected chi connectivity index (χ4v) is 8.49. The Morgan fingerprint density at radius 3 is 2.57 bits per heavy atom. The molecule has 6 heteroatoms. The SMILES string of the molecule is C[C@H](CCC(=O)[O-])[C@H]1CC[C@H]2[C@@H]3C(O)CC4CC(=O)CC[C@]4(C)[C@H]3CC(O)[C@]12C.[Na+]. The molecule has 0 saturated heterocycles. The summed E-state index contributed by atoms with van der Waals surface area (Å²) in [6.07, 6.45) is 5.28. The van der Waals surface area contributed by atoms with Crippen LogP contribution in [0, 0.1) is 46.3 Å². The molecule has 4 rings (SSSR count). The number of carboxylic acids is 1. The van der Waals surface area contributed by atoms with E-state index in [-0.39, 0.29) is 82.3 Å². The average Bonchev–Trinajstić information content (AvgIpc) is 3.01. The maximum absolute atomic E-state index is 12.1. The van der Waals surface area contributed by atoms with Crippen molar-refractivity contribution in [2.75, 3.05) is 0 Å². The molecular weight excluding hydrogens is 391 g/mol. The van der Waals surface area contributed by atoms with Gasteiger partial charge in [0.05, 0.1) is 12.2 Å². The van der Waals surface area contributed by atoms with Gasteiger partial charge in [0, 0.05) is 18.8 Å². The Hall–Kier alpha value is 0.0600. The van der Waals surface area contributed by atoms with Crippen LogP contribution in [0.25, 0.3) is 0 Å². The second-order valence-corrected chi connectivity index (χ2v) is 11.2. The zero-order chi connectivity index (χ0) is 21.1. The van der Waals surface area contributed by atoms with Gasteiger partial charge >= 0.3 is 29.6 Å². The largest absolute Gasteiger partial charge is 1.00 e. The molecule has 4 saturated carbocycles. The second-order valence-electron chi connectivity index (χ2n) is 11.2. The predicted molar refractivity (Wildman–Crippen MR) is 106 cm³/mol. The maximum Gasteiger partial charge on any atom is 1.00 e. The van der Waals surface area contributed by atoms with E-state index in [0.29, 0.717) is 37.9 Å². The van der Waals surface area contributed by atoms with Gasteiger partial charge in [-0.15, -0.1) is 0 Å². The number of aliphatic carboxylic acids is 1. The number of rotatable bonds is 4. The zero-order valence-corrected chi connectivity index (χ0v) is 21.1. The fraction of sp³-hybridized carbons (Fsp3) is 0.917. The number of carbonyl (C=O) groups is 2. The molecule has 4 aliphatic carbocycles. The van der Waals surface area contributed by atoms with Gasteiger partial charge in [-0.2, -0.15) is 0 Å². The van der Waals surface area contributed by atoms with E-state index in [1.54, 1.807) is 0 Å². The number of carbonyl (C=O) groups excluding carboxylic acids is 2. The third-order valence-corrected chi connectivity index (χ3v) is 10.2. The molecule has 0 aromatic rings. The van der Waals surface area contributed by atoms with Gasteiger partial charge in [-0.05, 0) is 91.3 Å². The van der Waals surface area contributed by atoms with Crippen LogP contribution in [0.15, 0.2) is 0 Å². The van der Waals surface area contributed by atoms with Gasteiger partial charge in [0.2, 0.25) is 0 Å². The number of hydrogen-bond acceptors (Lipinski definition) is 5. The van der Waals surface area contributed by atoms with Crippen molar-refractivity contribution in [2.24, 2.45) is 46.3 Å². The van der Waals surface area contributed by atoms with Crippen molar-refractivity contribution >= 4 is 11.8 Å². The first-order valence-corrected chi connectivity index (χ1v) is 11.7. The Kier molecular flexibility index (Phi) is 7.23. The standard InChI is InChI=1S/C24H38O5.Na/c1-13(4-7-21(28)29)16-5-6-17-22-18(12-20(27)24(16,17)3)23(2)9-8-15(25)10-14(23)11-19(22)26;/h13-14,16-20,22,26-27H,4-12H2,1-3H3,(H,28,29);/q;+1/p-1/t13-,14?,16-,17+,18+,19?,20?,22+,23+,24-;/m1./s1. The summed E-state index contributed by atoms with van der Waals surface area (Å²) in [4.78, 5) is 23.0. The van der Waals surface area contributed by atoms with Crippen LogP contribution in [-0.4, -0.2) is 34.2 Å². The van der Waals surface area contributed by atoms with Gasteiger partial charge in [-0.3, -0.25) is 4.79 Å². The smallest absolute Gasteiger partial charge is 0.550 e. The summed E-state index contributed by atoms with van der Waals surface area (Å²) in [6.45, 7) is 6.61. The minimum Gasteiger partial charge on any atom is -0.550 e. The van der Waals surface area contributed by atoms with Gasteiger partial charge in [-0.1, -0.05) is 20.8 Å². The Balaban J connectivity index is 0.00000256. The van der Waals surface area contributed by atoms with Crippen LogP contribution in [-0.2, 0) is 9.59 Å². The van der Waals surface area contributed by atoms with E-state index in [2.05, 4.69) is 20.8 Å². The normalized spacial score (nSPS) is 48.7. The van der Waals surface area contributed by atoms with E-state index >= 15 is 0 Å². The van der Waals surface area contributed by atoms with E-state index in [1.165, 1.54) is 0 Å². The third-order valence-electron chi connectivity index (χ3n) is 10.2. The van der Waals surface area contributed by atoms with E-state index in [4.69, 9.17) is 0 Å². The minimum atomic E-state index is -1.01. The number of aliphatic hydroxyl groups excluding tert-OH is 2. The number of carboxylic acid groups (broad SMARTS) is 1. The molecular formula is C24H37NaO5. The van der Waals surface area contributed by atoms with Crippen molar-refractivity contribution in [1.82, 2.24) is 0 Å². The predicted octanol–water partition coefficient (Wildman–Crippen LogP) is -0.674. The van der Waals surface area contributed by atoms with E-state index in [0.717, 1.165) is 19.3 Å². The summed E-state index contributed by atoms with van der Waals surface area (Å²) in [5.74, 6) is 0.731. The number of fused-ring (bicyclic) bond motifs is 5. The van der Waals surface area contributed by atoms with Crippen LogP contribution >= 0.6 is 0 Å². The monoisotopic (exact) mass is 428 g/mol. The summed E-state index contributed by atoms with van der Waals surface area (Å²) in [7, 11) is 0. The molecule has 0 aliphatic heterocycles. The molecule has 4 fully saturated rings. The molecule has 5 nitrogen and oxygen atoms in total. The molecule has 0 radical (unpaired) electrons. The van der Waals surface area contributed by atoms with Crippen molar-refractivity contribution in [3.8, 4) is 0 Å². The van der Waals surface area contributed by atoms with Gasteiger partial charge in [0.25, 0.3) is 0 Å². The molecule has 164 valence electrons. The van der Waals surface area contributed by atoms with Gasteiger partial charge in [0.1, 0.15) is 5.78 Å². The Morgan fingerprint density at radius 2 is 1.90 bits per heavy atom. The number of hydrogen-bond donors (Lipinski definition) is 2. The first-order valence-electron chi connectivity index (χ1n) is 11.7. The van der Waals surface area contributed by atoms with Crippen LogP contribution in [0.4, 0.5) is 0 Å². The molecule has 0 spiro atoms. The summed E-state index contributed by atoms with van der Waals surface area (Å²) in [5.41, 5.74) is -0.250. The van der Waals surface area contributed by atoms with Crippen molar-refractivity contribution in [1.29, 1.82) is 0 Å². The number of aliphatic hydroxyl groups is 2. The topological polar surface area (TPSA) is 97.7 Å². The molecule has 0 amide bonds. The minimum absolute atomic E-state index is 0. The van der Waals surface area contributed by atoms with Gasteiger partial charge in [-0.25, -0.2) is 0 Å². The molecule has 0 bridgehead atoms. The average molecular weight is 429 g/mol. The summed E-state index contributed by atoms with van der Waals surface area (Å²) < 4.78 is 0. The Morgan fingerprint density at radius 1 is 1.20 bits per heavy atom. The van der Waals surface area contributed by atoms with Crippen LogP contribution in [0.3, 0.4) is 0 Å².